The van der Waals surface area contributed by atoms with E-state index >= 15 is 0 Å². The van der Waals surface area contributed by atoms with Crippen LogP contribution in [0.2, 0.25) is 0 Å². The Balaban J connectivity index is 1.82. The molecule has 0 amide bonds. The Morgan fingerprint density at radius 3 is 2.03 bits per heavy atom. The van der Waals surface area contributed by atoms with E-state index in [1.165, 1.54) is 95.5 Å². The molecule has 2 nitrogen and oxygen atoms in total. The average Bonchev–Trinajstić information content (AvgIpc) is 2.88. The SMILES string of the molecule is CCCCCCCCSc1c(O)c(C)c(C)c2c1CC[C@@](C)(CCC[C@H](C)CCC[C@H](C)CCCC(C)C)O2. The van der Waals surface area contributed by atoms with Crippen molar-refractivity contribution in [3.63, 3.8) is 0 Å². The van der Waals surface area contributed by atoms with Gasteiger partial charge in [-0.15, -0.1) is 11.8 Å². The molecular weight excluding hydrogens is 496 g/mol. The van der Waals surface area contributed by atoms with Crippen molar-refractivity contribution in [2.45, 2.75) is 175 Å². The summed E-state index contributed by atoms with van der Waals surface area (Å²) in [5, 5.41) is 11.0. The maximum Gasteiger partial charge on any atom is 0.132 e. The highest BCUT2D eigenvalue weighted by molar-refractivity contribution is 7.99. The zero-order valence-corrected chi connectivity index (χ0v) is 28.0. The Morgan fingerprint density at radius 1 is 0.795 bits per heavy atom. The third-order valence-electron chi connectivity index (χ3n) is 9.29. The van der Waals surface area contributed by atoms with Crippen LogP contribution in [0.5, 0.6) is 11.5 Å². The van der Waals surface area contributed by atoms with E-state index in [1.807, 2.05) is 11.8 Å². The molecule has 0 saturated carbocycles. The summed E-state index contributed by atoms with van der Waals surface area (Å²) in [5.41, 5.74) is 3.30. The number of ether oxygens (including phenoxy) is 1. The number of phenols is 1. The molecule has 0 saturated heterocycles. The third-order valence-corrected chi connectivity index (χ3v) is 10.5. The number of aromatic hydroxyl groups is 1. The molecule has 0 unspecified atom stereocenters. The number of unbranched alkanes of at least 4 members (excludes halogenated alkanes) is 5. The van der Waals surface area contributed by atoms with Crippen LogP contribution in [-0.4, -0.2) is 16.5 Å². The van der Waals surface area contributed by atoms with E-state index < -0.39 is 0 Å². The Labute approximate surface area is 247 Å². The maximum atomic E-state index is 11.0. The number of benzene rings is 1. The molecule has 0 bridgehead atoms. The normalized spacial score (nSPS) is 18.7. The minimum atomic E-state index is -0.0902. The van der Waals surface area contributed by atoms with Crippen LogP contribution in [0.1, 0.15) is 161 Å². The van der Waals surface area contributed by atoms with Gasteiger partial charge in [-0.2, -0.15) is 0 Å². The molecule has 0 fully saturated rings. The number of phenolic OH excluding ortho intramolecular Hbond substituents is 1. The average molecular weight is 561 g/mol. The number of thioether (sulfide) groups is 1. The summed E-state index contributed by atoms with van der Waals surface area (Å²) < 4.78 is 6.82. The molecule has 1 aliphatic rings. The van der Waals surface area contributed by atoms with E-state index in [0.29, 0.717) is 5.75 Å². The largest absolute Gasteiger partial charge is 0.506 e. The fourth-order valence-electron chi connectivity index (χ4n) is 6.23. The topological polar surface area (TPSA) is 29.5 Å². The maximum absolute atomic E-state index is 11.0. The molecule has 1 N–H and O–H groups in total. The van der Waals surface area contributed by atoms with Gasteiger partial charge in [0.2, 0.25) is 0 Å². The third kappa shape index (κ3) is 11.9. The van der Waals surface area contributed by atoms with E-state index in [4.69, 9.17) is 4.74 Å². The summed E-state index contributed by atoms with van der Waals surface area (Å²) in [6.45, 7) is 18.4. The molecule has 3 heteroatoms. The van der Waals surface area contributed by atoms with Gasteiger partial charge in [-0.25, -0.2) is 0 Å². The van der Waals surface area contributed by atoms with E-state index in [1.54, 1.807) is 0 Å². The number of fused-ring (bicyclic) bond motifs is 1. The monoisotopic (exact) mass is 560 g/mol. The summed E-state index contributed by atoms with van der Waals surface area (Å²) in [6.07, 6.45) is 21.9. The number of rotatable bonds is 20. The Hall–Kier alpha value is -0.830. The molecule has 39 heavy (non-hydrogen) atoms. The molecular formula is C36H64O2S. The van der Waals surface area contributed by atoms with Crippen molar-refractivity contribution < 1.29 is 9.84 Å². The highest BCUT2D eigenvalue weighted by atomic mass is 32.2. The smallest absolute Gasteiger partial charge is 0.132 e. The molecule has 1 aliphatic heterocycles. The lowest BCUT2D eigenvalue weighted by molar-refractivity contribution is 0.0504. The van der Waals surface area contributed by atoms with Crippen molar-refractivity contribution in [3.05, 3.63) is 16.7 Å². The molecule has 1 aromatic carbocycles. The minimum Gasteiger partial charge on any atom is -0.506 e. The first-order chi connectivity index (χ1) is 18.6. The molecule has 0 radical (unpaired) electrons. The fraction of sp³-hybridized carbons (Fsp3) is 0.833. The van der Waals surface area contributed by atoms with Gasteiger partial charge in [0.05, 0.1) is 4.90 Å². The zero-order chi connectivity index (χ0) is 28.8. The van der Waals surface area contributed by atoms with Crippen LogP contribution in [0, 0.1) is 31.6 Å². The second-order valence-electron chi connectivity index (χ2n) is 13.8. The van der Waals surface area contributed by atoms with Gasteiger partial charge in [-0.05, 0) is 87.5 Å². The van der Waals surface area contributed by atoms with Crippen LogP contribution in [0.4, 0.5) is 0 Å². The summed E-state index contributed by atoms with van der Waals surface area (Å²) in [5.74, 6) is 5.18. The van der Waals surface area contributed by atoms with Crippen LogP contribution in [0.15, 0.2) is 4.90 Å². The van der Waals surface area contributed by atoms with Crippen molar-refractivity contribution in [2.24, 2.45) is 17.8 Å². The van der Waals surface area contributed by atoms with Crippen LogP contribution in [0.25, 0.3) is 0 Å². The second kappa shape index (κ2) is 17.9. The predicted molar refractivity (Wildman–Crippen MR) is 174 cm³/mol. The van der Waals surface area contributed by atoms with Crippen molar-refractivity contribution in [1.29, 1.82) is 0 Å². The Morgan fingerprint density at radius 2 is 1.38 bits per heavy atom. The predicted octanol–water partition coefficient (Wildman–Crippen LogP) is 12.0. The van der Waals surface area contributed by atoms with Gasteiger partial charge < -0.3 is 9.84 Å². The van der Waals surface area contributed by atoms with Crippen molar-refractivity contribution in [1.82, 2.24) is 0 Å². The van der Waals surface area contributed by atoms with Crippen molar-refractivity contribution in [2.75, 3.05) is 5.75 Å². The first kappa shape index (κ1) is 34.4. The van der Waals surface area contributed by atoms with E-state index in [9.17, 15) is 5.11 Å². The highest BCUT2D eigenvalue weighted by Crippen LogP contribution is 2.48. The van der Waals surface area contributed by atoms with Crippen LogP contribution >= 0.6 is 11.8 Å². The van der Waals surface area contributed by atoms with Gasteiger partial charge in [0.1, 0.15) is 17.1 Å². The Kier molecular flexibility index (Phi) is 15.7. The molecule has 1 aromatic rings. The van der Waals surface area contributed by atoms with E-state index in [-0.39, 0.29) is 5.60 Å². The first-order valence-corrected chi connectivity index (χ1v) is 17.7. The second-order valence-corrected chi connectivity index (χ2v) is 14.9. The lowest BCUT2D eigenvalue weighted by Crippen LogP contribution is -2.37. The summed E-state index contributed by atoms with van der Waals surface area (Å²) >= 11 is 1.86. The van der Waals surface area contributed by atoms with Gasteiger partial charge >= 0.3 is 0 Å². The summed E-state index contributed by atoms with van der Waals surface area (Å²) in [6, 6.07) is 0. The first-order valence-electron chi connectivity index (χ1n) is 16.7. The van der Waals surface area contributed by atoms with Crippen molar-refractivity contribution >= 4 is 11.8 Å². The lowest BCUT2D eigenvalue weighted by Gasteiger charge is -2.38. The minimum absolute atomic E-state index is 0.0902. The molecule has 1 heterocycles. The molecule has 2 rings (SSSR count). The zero-order valence-electron chi connectivity index (χ0n) is 27.2. The molecule has 0 aliphatic carbocycles. The highest BCUT2D eigenvalue weighted by Gasteiger charge is 2.35. The molecule has 226 valence electrons. The summed E-state index contributed by atoms with van der Waals surface area (Å²) in [4.78, 5) is 1.09. The van der Waals surface area contributed by atoms with Gasteiger partial charge in [-0.3, -0.25) is 0 Å². The fourth-order valence-corrected chi connectivity index (χ4v) is 7.44. The van der Waals surface area contributed by atoms with Gasteiger partial charge in [0.25, 0.3) is 0 Å². The standard InChI is InChI=1S/C36H64O2S/c1-9-10-11-12-13-14-26-39-35-32-23-25-36(8,38-34(32)31(7)30(6)33(35)37)24-17-22-29(5)21-16-20-28(4)19-15-18-27(2)3/h27-29,37H,9-26H2,1-8H3/t28-,29-,36-/m1/s1. The number of hydrogen-bond acceptors (Lipinski definition) is 3. The van der Waals surface area contributed by atoms with Gasteiger partial charge in [0.15, 0.2) is 0 Å². The van der Waals surface area contributed by atoms with E-state index in [2.05, 4.69) is 55.4 Å². The molecule has 0 spiro atoms. The quantitative estimate of drug-likeness (QED) is 0.127. The molecule has 0 aromatic heterocycles. The summed E-state index contributed by atoms with van der Waals surface area (Å²) in [7, 11) is 0. The van der Waals surface area contributed by atoms with Gasteiger partial charge in [-0.1, -0.05) is 112 Å². The van der Waals surface area contributed by atoms with Crippen LogP contribution in [-0.2, 0) is 6.42 Å². The van der Waals surface area contributed by atoms with Gasteiger partial charge in [0, 0.05) is 5.56 Å². The van der Waals surface area contributed by atoms with E-state index in [0.717, 1.165) is 64.5 Å². The van der Waals surface area contributed by atoms with Crippen LogP contribution < -0.4 is 4.74 Å². The Bertz CT molecular complexity index is 832. The molecule has 3 atom stereocenters. The van der Waals surface area contributed by atoms with Crippen LogP contribution in [0.3, 0.4) is 0 Å². The van der Waals surface area contributed by atoms with Crippen molar-refractivity contribution in [3.8, 4) is 11.5 Å². The number of hydrogen-bond donors (Lipinski definition) is 1. The lowest BCUT2D eigenvalue weighted by atomic mass is 9.85.